The average molecular weight is 436 g/mol. The largest absolute Gasteiger partial charge is 0.504 e. The predicted octanol–water partition coefficient (Wildman–Crippen LogP) is 4.95. The van der Waals surface area contributed by atoms with Gasteiger partial charge in [-0.3, -0.25) is 0 Å². The minimum absolute atomic E-state index is 0.0975. The second-order valence-corrected chi connectivity index (χ2v) is 8.03. The second-order valence-electron chi connectivity index (χ2n) is 7.62. The summed E-state index contributed by atoms with van der Waals surface area (Å²) in [5.74, 6) is 0.686. The van der Waals surface area contributed by atoms with Gasteiger partial charge in [0.25, 0.3) is 0 Å². The normalized spacial score (nSPS) is 18.2. The molecule has 3 aromatic carbocycles. The molecule has 160 valence electrons. The summed E-state index contributed by atoms with van der Waals surface area (Å²) in [5.41, 5.74) is 5.24. The van der Waals surface area contributed by atoms with Crippen molar-refractivity contribution in [1.29, 1.82) is 0 Å². The first-order valence-corrected chi connectivity index (χ1v) is 11.1. The molecular weight excluding hydrogens is 408 g/mol. The molecule has 4 nitrogen and oxygen atoms in total. The Morgan fingerprint density at radius 2 is 1.71 bits per heavy atom. The molecule has 1 aliphatic heterocycles. The molecule has 0 aliphatic carbocycles. The van der Waals surface area contributed by atoms with Crippen molar-refractivity contribution in [3.63, 3.8) is 0 Å². The van der Waals surface area contributed by atoms with E-state index in [2.05, 4.69) is 47.9 Å². The summed E-state index contributed by atoms with van der Waals surface area (Å²) in [6, 6.07) is 22.0. The van der Waals surface area contributed by atoms with Gasteiger partial charge in [-0.2, -0.15) is 0 Å². The molecule has 3 aromatic rings. The van der Waals surface area contributed by atoms with E-state index in [4.69, 9.17) is 16.3 Å². The van der Waals surface area contributed by atoms with Crippen molar-refractivity contribution in [1.82, 2.24) is 5.32 Å². The van der Waals surface area contributed by atoms with Crippen LogP contribution in [0.1, 0.15) is 48.3 Å². The summed E-state index contributed by atoms with van der Waals surface area (Å²) in [6.45, 7) is 4.56. The van der Waals surface area contributed by atoms with Gasteiger partial charge in [-0.05, 0) is 48.7 Å². The van der Waals surface area contributed by atoms with E-state index in [1.165, 1.54) is 5.56 Å². The van der Waals surface area contributed by atoms with E-state index in [0.717, 1.165) is 28.8 Å². The summed E-state index contributed by atoms with van der Waals surface area (Å²) in [6.07, 6.45) is 3.06. The van der Waals surface area contributed by atoms with Gasteiger partial charge >= 0.3 is 0 Å². The Kier molecular flexibility index (Phi) is 6.50. The molecule has 0 radical (unpaired) electrons. The number of para-hydroxylation sites is 1. The van der Waals surface area contributed by atoms with Gasteiger partial charge < -0.3 is 20.5 Å². The van der Waals surface area contributed by atoms with Gasteiger partial charge in [0.2, 0.25) is 0 Å². The fourth-order valence-corrected chi connectivity index (χ4v) is 4.24. The van der Waals surface area contributed by atoms with Gasteiger partial charge in [-0.1, -0.05) is 61.0 Å². The van der Waals surface area contributed by atoms with E-state index in [-0.39, 0.29) is 18.0 Å². The van der Waals surface area contributed by atoms with Crippen molar-refractivity contribution in [3.8, 4) is 11.5 Å². The number of ether oxygens (including phenoxy) is 1. The number of phenols is 1. The van der Waals surface area contributed by atoms with E-state index < -0.39 is 0 Å². The van der Waals surface area contributed by atoms with Crippen molar-refractivity contribution >= 4 is 17.3 Å². The SMILES string of the molecule is CCOc1cccc(C2C=C(c3ccc(CC)cc3)NC(c3ccccc3Cl)[NH2+]2)c1O. The molecule has 2 atom stereocenters. The molecule has 0 amide bonds. The Labute approximate surface area is 188 Å². The first-order valence-electron chi connectivity index (χ1n) is 10.7. The molecule has 2 unspecified atom stereocenters. The third kappa shape index (κ3) is 4.55. The molecule has 4 rings (SSSR count). The molecule has 0 aromatic heterocycles. The zero-order valence-corrected chi connectivity index (χ0v) is 18.6. The van der Waals surface area contributed by atoms with Crippen LogP contribution in [-0.2, 0) is 6.42 Å². The van der Waals surface area contributed by atoms with Crippen LogP contribution in [0.4, 0.5) is 0 Å². The van der Waals surface area contributed by atoms with E-state index in [0.29, 0.717) is 17.4 Å². The number of hydrogen-bond donors (Lipinski definition) is 3. The summed E-state index contributed by atoms with van der Waals surface area (Å²) in [5, 5.41) is 17.4. The van der Waals surface area contributed by atoms with Gasteiger partial charge in [0.05, 0.1) is 17.2 Å². The Balaban J connectivity index is 1.77. The Hall–Kier alpha value is -2.95. The van der Waals surface area contributed by atoms with Crippen molar-refractivity contribution < 1.29 is 15.2 Å². The van der Waals surface area contributed by atoms with Crippen LogP contribution in [0.5, 0.6) is 11.5 Å². The highest BCUT2D eigenvalue weighted by Crippen LogP contribution is 2.36. The summed E-state index contributed by atoms with van der Waals surface area (Å²) in [7, 11) is 0. The molecular formula is C26H28ClN2O2+. The number of rotatable bonds is 6. The zero-order valence-electron chi connectivity index (χ0n) is 17.8. The van der Waals surface area contributed by atoms with Gasteiger partial charge in [0.1, 0.15) is 6.04 Å². The molecule has 5 heteroatoms. The maximum atomic E-state index is 10.9. The highest BCUT2D eigenvalue weighted by Gasteiger charge is 2.31. The lowest BCUT2D eigenvalue weighted by Crippen LogP contribution is -2.89. The molecule has 0 bridgehead atoms. The summed E-state index contributed by atoms with van der Waals surface area (Å²) in [4.78, 5) is 0. The number of halogens is 1. The third-order valence-corrected chi connectivity index (χ3v) is 6.00. The molecule has 1 heterocycles. The number of aromatic hydroxyl groups is 1. The van der Waals surface area contributed by atoms with Crippen LogP contribution in [-0.4, -0.2) is 11.7 Å². The average Bonchev–Trinajstić information content (AvgIpc) is 2.80. The number of hydrogen-bond acceptors (Lipinski definition) is 3. The Bertz CT molecular complexity index is 1080. The number of phenolic OH excluding ortho intramolecular Hbond substituents is 1. The highest BCUT2D eigenvalue weighted by molar-refractivity contribution is 6.31. The highest BCUT2D eigenvalue weighted by atomic mass is 35.5. The van der Waals surface area contributed by atoms with Crippen LogP contribution in [0.3, 0.4) is 0 Å². The molecule has 0 saturated carbocycles. The van der Waals surface area contributed by atoms with E-state index >= 15 is 0 Å². The number of benzene rings is 3. The molecule has 0 saturated heterocycles. The third-order valence-electron chi connectivity index (χ3n) is 5.66. The fourth-order valence-electron chi connectivity index (χ4n) is 3.99. The quantitative estimate of drug-likeness (QED) is 0.513. The van der Waals surface area contributed by atoms with Crippen LogP contribution in [0.2, 0.25) is 5.02 Å². The van der Waals surface area contributed by atoms with Gasteiger partial charge in [0.15, 0.2) is 17.7 Å². The minimum Gasteiger partial charge on any atom is -0.504 e. The van der Waals surface area contributed by atoms with E-state index in [9.17, 15) is 5.11 Å². The lowest BCUT2D eigenvalue weighted by atomic mass is 9.97. The second kappa shape index (κ2) is 9.46. The lowest BCUT2D eigenvalue weighted by Gasteiger charge is -2.30. The molecule has 0 fully saturated rings. The van der Waals surface area contributed by atoms with Crippen molar-refractivity contribution in [3.05, 3.63) is 100 Å². The maximum Gasteiger partial charge on any atom is 0.188 e. The number of nitrogens with one attached hydrogen (secondary N) is 1. The first kappa shape index (κ1) is 21.3. The number of aryl methyl sites for hydroxylation is 1. The van der Waals surface area contributed by atoms with Crippen LogP contribution in [0.15, 0.2) is 72.8 Å². The van der Waals surface area contributed by atoms with Crippen LogP contribution in [0, 0.1) is 0 Å². The topological polar surface area (TPSA) is 58.1 Å². The van der Waals surface area contributed by atoms with Gasteiger partial charge in [-0.25, -0.2) is 0 Å². The molecule has 1 aliphatic rings. The lowest BCUT2D eigenvalue weighted by molar-refractivity contribution is -0.731. The van der Waals surface area contributed by atoms with Crippen LogP contribution >= 0.6 is 11.6 Å². The minimum atomic E-state index is -0.108. The van der Waals surface area contributed by atoms with Crippen molar-refractivity contribution in [2.75, 3.05) is 6.61 Å². The van der Waals surface area contributed by atoms with Crippen molar-refractivity contribution in [2.45, 2.75) is 32.5 Å². The zero-order chi connectivity index (χ0) is 21.8. The van der Waals surface area contributed by atoms with Gasteiger partial charge in [0, 0.05) is 17.3 Å². The smallest absolute Gasteiger partial charge is 0.188 e. The van der Waals surface area contributed by atoms with Crippen LogP contribution < -0.4 is 15.4 Å². The predicted molar refractivity (Wildman–Crippen MR) is 125 cm³/mol. The summed E-state index contributed by atoms with van der Waals surface area (Å²) >= 11 is 6.53. The number of nitrogens with two attached hydrogens (primary N) is 1. The Morgan fingerprint density at radius 1 is 0.968 bits per heavy atom. The van der Waals surface area contributed by atoms with E-state index in [1.807, 2.05) is 43.3 Å². The first-order chi connectivity index (χ1) is 15.1. The van der Waals surface area contributed by atoms with Gasteiger partial charge in [-0.15, -0.1) is 0 Å². The molecule has 0 spiro atoms. The van der Waals surface area contributed by atoms with Crippen molar-refractivity contribution in [2.24, 2.45) is 0 Å². The molecule has 31 heavy (non-hydrogen) atoms. The monoisotopic (exact) mass is 435 g/mol. The maximum absolute atomic E-state index is 10.9. The number of quaternary nitrogens is 1. The summed E-state index contributed by atoms with van der Waals surface area (Å²) < 4.78 is 5.61. The standard InChI is InChI=1S/C26H27ClN2O2/c1-3-17-12-14-18(15-13-17)22-16-23(20-9-7-11-24(25(20)30)31-4-2)29-26(28-22)19-8-5-6-10-21(19)27/h5-16,23,26,28-30H,3-4H2,1-2H3/p+1. The van der Waals surface area contributed by atoms with Crippen LogP contribution in [0.25, 0.3) is 5.70 Å². The Morgan fingerprint density at radius 3 is 2.42 bits per heavy atom. The fraction of sp³-hybridized carbons (Fsp3) is 0.231. The molecule has 4 N–H and O–H groups in total. The van der Waals surface area contributed by atoms with E-state index in [1.54, 1.807) is 6.07 Å².